The van der Waals surface area contributed by atoms with Crippen molar-refractivity contribution in [2.24, 2.45) is 0 Å². The number of ether oxygens (including phenoxy) is 5. The molecule has 1 aliphatic rings. The number of carboxylic acid groups (broad SMARTS) is 1. The number of aromatic hydroxyl groups is 2. The van der Waals surface area contributed by atoms with Crippen LogP contribution in [0.5, 0.6) is 28.7 Å². The van der Waals surface area contributed by atoms with Gasteiger partial charge < -0.3 is 39.0 Å². The first-order chi connectivity index (χ1) is 16.1. The maximum absolute atomic E-state index is 12.7. The smallest absolute Gasteiger partial charge is 0.345 e. The third kappa shape index (κ3) is 3.97. The zero-order valence-electron chi connectivity index (χ0n) is 18.9. The molecular weight excluding hydrogens is 452 g/mol. The van der Waals surface area contributed by atoms with Gasteiger partial charge in [0.2, 0.25) is 6.29 Å². The summed E-state index contributed by atoms with van der Waals surface area (Å²) < 4.78 is 26.5. The highest BCUT2D eigenvalue weighted by Gasteiger charge is 2.41. The van der Waals surface area contributed by atoms with Crippen LogP contribution >= 0.6 is 0 Å². The number of aryl methyl sites for hydroxylation is 1. The first-order valence-electron chi connectivity index (χ1n) is 9.78. The lowest BCUT2D eigenvalue weighted by molar-refractivity contribution is -0.131. The van der Waals surface area contributed by atoms with Gasteiger partial charge in [-0.1, -0.05) is 0 Å². The number of carboxylic acids is 1. The molecule has 1 aliphatic heterocycles. The summed E-state index contributed by atoms with van der Waals surface area (Å²) in [6, 6.07) is 1.48. The molecule has 0 aliphatic carbocycles. The summed E-state index contributed by atoms with van der Waals surface area (Å²) in [5, 5.41) is 30.4. The third-order valence-electron chi connectivity index (χ3n) is 5.23. The van der Waals surface area contributed by atoms with Gasteiger partial charge in [0, 0.05) is 18.7 Å². The summed E-state index contributed by atoms with van der Waals surface area (Å²) in [7, 11) is 3.72. The van der Waals surface area contributed by atoms with Crippen LogP contribution < -0.4 is 9.47 Å². The van der Waals surface area contributed by atoms with Crippen LogP contribution in [0.2, 0.25) is 0 Å². The summed E-state index contributed by atoms with van der Waals surface area (Å²) in [5.74, 6) is -4.50. The standard InChI is InChI=1S/C23H22O11/c1-9-8-12(30-3)11(6-7-13(24)25)19(14(9)21(28)31-4)33-20-16-15(17(26)10(2)18(20)27)22(29)34-23(16)32-5/h6-8,23,26-27H,1-5H3,(H,24,25). The fourth-order valence-electron chi connectivity index (χ4n) is 3.57. The molecule has 0 radical (unpaired) electrons. The zero-order valence-corrected chi connectivity index (χ0v) is 18.9. The predicted molar refractivity (Wildman–Crippen MR) is 115 cm³/mol. The summed E-state index contributed by atoms with van der Waals surface area (Å²) >= 11 is 0. The summed E-state index contributed by atoms with van der Waals surface area (Å²) in [5.41, 5.74) is -0.185. The van der Waals surface area contributed by atoms with E-state index >= 15 is 0 Å². The Morgan fingerprint density at radius 3 is 2.32 bits per heavy atom. The van der Waals surface area contributed by atoms with Gasteiger partial charge in [-0.25, -0.2) is 14.4 Å². The fourth-order valence-corrected chi connectivity index (χ4v) is 3.57. The number of fused-ring (bicyclic) bond motifs is 1. The quantitative estimate of drug-likeness (QED) is 0.399. The lowest BCUT2D eigenvalue weighted by atomic mass is 9.99. The normalized spacial score (nSPS) is 14.6. The summed E-state index contributed by atoms with van der Waals surface area (Å²) in [6.07, 6.45) is 0.613. The number of hydrogen-bond donors (Lipinski definition) is 3. The molecule has 11 heteroatoms. The van der Waals surface area contributed by atoms with Crippen molar-refractivity contribution in [3.05, 3.63) is 45.5 Å². The summed E-state index contributed by atoms with van der Waals surface area (Å²) in [4.78, 5) is 36.2. The van der Waals surface area contributed by atoms with Crippen LogP contribution in [0.25, 0.3) is 6.08 Å². The van der Waals surface area contributed by atoms with Crippen LogP contribution in [0.1, 0.15) is 49.3 Å². The number of rotatable bonds is 7. The van der Waals surface area contributed by atoms with Gasteiger partial charge in [-0.2, -0.15) is 0 Å². The molecule has 3 N–H and O–H groups in total. The Morgan fingerprint density at radius 2 is 1.76 bits per heavy atom. The average Bonchev–Trinajstić information content (AvgIpc) is 3.14. The van der Waals surface area contributed by atoms with Crippen molar-refractivity contribution >= 4 is 24.0 Å². The second-order valence-electron chi connectivity index (χ2n) is 7.19. The molecule has 0 saturated carbocycles. The fraction of sp³-hybridized carbons (Fsp3) is 0.261. The second kappa shape index (κ2) is 9.32. The molecule has 3 rings (SSSR count). The van der Waals surface area contributed by atoms with Gasteiger partial charge in [-0.05, 0) is 31.6 Å². The number of phenols is 2. The number of phenolic OH excluding ortho intramolecular Hbond substituents is 2. The number of cyclic esters (lactones) is 1. The largest absolute Gasteiger partial charge is 0.507 e. The number of hydrogen-bond acceptors (Lipinski definition) is 10. The lowest BCUT2D eigenvalue weighted by Crippen LogP contribution is -2.10. The van der Waals surface area contributed by atoms with E-state index in [-0.39, 0.29) is 45.1 Å². The molecule has 1 unspecified atom stereocenters. The number of aliphatic carboxylic acids is 1. The molecule has 0 bridgehead atoms. The molecule has 2 aromatic carbocycles. The molecule has 34 heavy (non-hydrogen) atoms. The van der Waals surface area contributed by atoms with Gasteiger partial charge in [-0.15, -0.1) is 0 Å². The van der Waals surface area contributed by atoms with E-state index in [0.717, 1.165) is 19.3 Å². The highest BCUT2D eigenvalue weighted by Crippen LogP contribution is 2.52. The van der Waals surface area contributed by atoms with E-state index in [0.29, 0.717) is 5.56 Å². The predicted octanol–water partition coefficient (Wildman–Crippen LogP) is 3.22. The minimum absolute atomic E-state index is 0.0361. The molecule has 1 heterocycles. The van der Waals surface area contributed by atoms with Crippen molar-refractivity contribution in [3.63, 3.8) is 0 Å². The molecule has 0 saturated heterocycles. The molecule has 2 aromatic rings. The first-order valence-corrected chi connectivity index (χ1v) is 9.78. The van der Waals surface area contributed by atoms with Crippen molar-refractivity contribution in [2.45, 2.75) is 20.1 Å². The Labute approximate surface area is 193 Å². The first kappa shape index (κ1) is 24.4. The second-order valence-corrected chi connectivity index (χ2v) is 7.19. The van der Waals surface area contributed by atoms with Crippen LogP contribution in [-0.2, 0) is 19.0 Å². The van der Waals surface area contributed by atoms with Gasteiger partial charge in [-0.3, -0.25) is 0 Å². The molecular formula is C23H22O11. The third-order valence-corrected chi connectivity index (χ3v) is 5.23. The van der Waals surface area contributed by atoms with Gasteiger partial charge in [0.05, 0.1) is 25.3 Å². The van der Waals surface area contributed by atoms with E-state index in [4.69, 9.17) is 28.8 Å². The van der Waals surface area contributed by atoms with Crippen molar-refractivity contribution in [1.29, 1.82) is 0 Å². The number of esters is 2. The van der Waals surface area contributed by atoms with Gasteiger partial charge in [0.25, 0.3) is 0 Å². The topological polar surface area (TPSA) is 158 Å². The highest BCUT2D eigenvalue weighted by molar-refractivity contribution is 6.00. The number of carbonyl (C=O) groups is 3. The molecule has 0 spiro atoms. The van der Waals surface area contributed by atoms with E-state index in [2.05, 4.69) is 0 Å². The Morgan fingerprint density at radius 1 is 1.09 bits per heavy atom. The highest BCUT2D eigenvalue weighted by atomic mass is 16.7. The average molecular weight is 474 g/mol. The number of methoxy groups -OCH3 is 3. The SMILES string of the molecule is COC(=O)c1c(C)cc(OC)c(C=CC(=O)O)c1Oc1c(O)c(C)c(O)c2c1C(OC)OC2=O. The van der Waals surface area contributed by atoms with Crippen LogP contribution in [0, 0.1) is 13.8 Å². The van der Waals surface area contributed by atoms with Crippen LogP contribution in [0.3, 0.4) is 0 Å². The van der Waals surface area contributed by atoms with Crippen molar-refractivity contribution in [3.8, 4) is 28.7 Å². The number of carbonyl (C=O) groups excluding carboxylic acids is 2. The molecule has 0 fully saturated rings. The summed E-state index contributed by atoms with van der Waals surface area (Å²) in [6.45, 7) is 2.91. The molecule has 180 valence electrons. The lowest BCUT2D eigenvalue weighted by Gasteiger charge is -2.21. The Bertz CT molecular complexity index is 1230. The molecule has 0 amide bonds. The van der Waals surface area contributed by atoms with Gasteiger partial charge >= 0.3 is 17.9 Å². The monoisotopic (exact) mass is 474 g/mol. The Balaban J connectivity index is 2.41. The zero-order chi connectivity index (χ0) is 25.3. The van der Waals surface area contributed by atoms with Crippen LogP contribution in [0.15, 0.2) is 12.1 Å². The van der Waals surface area contributed by atoms with Gasteiger partial charge in [0.1, 0.15) is 22.6 Å². The maximum Gasteiger partial charge on any atom is 0.345 e. The van der Waals surface area contributed by atoms with E-state index in [1.807, 2.05) is 0 Å². The van der Waals surface area contributed by atoms with Crippen LogP contribution in [-0.4, -0.2) is 54.6 Å². The number of benzene rings is 2. The van der Waals surface area contributed by atoms with Crippen molar-refractivity contribution in [1.82, 2.24) is 0 Å². The minimum Gasteiger partial charge on any atom is -0.507 e. The molecule has 11 nitrogen and oxygen atoms in total. The van der Waals surface area contributed by atoms with Crippen molar-refractivity contribution < 1.29 is 53.4 Å². The minimum atomic E-state index is -1.33. The Kier molecular flexibility index (Phi) is 6.68. The van der Waals surface area contributed by atoms with Crippen LogP contribution in [0.4, 0.5) is 0 Å². The Hall–Kier alpha value is -4.25. The maximum atomic E-state index is 12.7. The van der Waals surface area contributed by atoms with E-state index in [1.54, 1.807) is 6.92 Å². The molecule has 0 aromatic heterocycles. The van der Waals surface area contributed by atoms with E-state index in [9.17, 15) is 24.6 Å². The van der Waals surface area contributed by atoms with Gasteiger partial charge in [0.15, 0.2) is 17.2 Å². The molecule has 1 atom stereocenters. The van der Waals surface area contributed by atoms with E-state index < -0.39 is 35.7 Å². The van der Waals surface area contributed by atoms with Crippen molar-refractivity contribution in [2.75, 3.05) is 21.3 Å². The van der Waals surface area contributed by atoms with E-state index in [1.165, 1.54) is 27.2 Å².